The van der Waals surface area contributed by atoms with E-state index in [0.29, 0.717) is 11.6 Å². The van der Waals surface area contributed by atoms with Crippen LogP contribution in [0.15, 0.2) is 23.1 Å². The molecule has 110 valence electrons. The molecule has 0 amide bonds. The van der Waals surface area contributed by atoms with Crippen LogP contribution in [0.5, 0.6) is 0 Å². The first-order chi connectivity index (χ1) is 9.29. The molecule has 0 spiro atoms. The van der Waals surface area contributed by atoms with Gasteiger partial charge in [0.15, 0.2) is 0 Å². The Hall–Kier alpha value is -1.60. The molecule has 3 N–H and O–H groups in total. The topological polar surface area (TPSA) is 101 Å². The van der Waals surface area contributed by atoms with Gasteiger partial charge in [-0.25, -0.2) is 18.4 Å². The van der Waals surface area contributed by atoms with Gasteiger partial charge in [-0.2, -0.15) is 0 Å². The van der Waals surface area contributed by atoms with Crippen LogP contribution in [0.2, 0.25) is 0 Å². The van der Waals surface area contributed by atoms with Crippen LogP contribution < -0.4 is 10.0 Å². The summed E-state index contributed by atoms with van der Waals surface area (Å²) in [6, 6.07) is 3.96. The fraction of sp³-hybridized carbons (Fsp3) is 0.462. The first-order valence-electron chi connectivity index (χ1n) is 6.40. The molecular weight excluding hydrogens is 280 g/mol. The lowest BCUT2D eigenvalue weighted by molar-refractivity contribution is 0.0697. The number of hydrogen-bond acceptors (Lipinski definition) is 4. The van der Waals surface area contributed by atoms with E-state index >= 15 is 0 Å². The number of sulfonamides is 1. The maximum atomic E-state index is 11.3. The molecule has 0 radical (unpaired) electrons. The first-order valence-corrected chi connectivity index (χ1v) is 7.95. The number of rotatable bonds is 5. The standard InChI is InChI=1S/C13H18N2O4S/c1-15(8-9-3-2-4-9)12-6-5-10(20(14,18)19)7-11(12)13(16)17/h5-7,9H,2-4,8H2,1H3,(H,16,17)(H2,14,18,19). The minimum atomic E-state index is -3.90. The van der Waals surface area contributed by atoms with Crippen molar-refractivity contribution in [2.75, 3.05) is 18.5 Å². The quantitative estimate of drug-likeness (QED) is 0.852. The monoisotopic (exact) mass is 298 g/mol. The van der Waals surface area contributed by atoms with Crippen molar-refractivity contribution in [3.8, 4) is 0 Å². The van der Waals surface area contributed by atoms with Crippen molar-refractivity contribution in [2.45, 2.75) is 24.2 Å². The molecule has 1 aromatic carbocycles. The molecule has 0 atom stereocenters. The lowest BCUT2D eigenvalue weighted by Crippen LogP contribution is -2.30. The van der Waals surface area contributed by atoms with Crippen LogP contribution in [0.3, 0.4) is 0 Å². The summed E-state index contributed by atoms with van der Waals surface area (Å²) in [5, 5.41) is 14.3. The summed E-state index contributed by atoms with van der Waals surface area (Å²) >= 11 is 0. The Kier molecular flexibility index (Phi) is 4.01. The van der Waals surface area contributed by atoms with Crippen LogP contribution in [0.4, 0.5) is 5.69 Å². The minimum absolute atomic E-state index is 0.0432. The van der Waals surface area contributed by atoms with Crippen molar-refractivity contribution in [1.82, 2.24) is 0 Å². The number of hydrogen-bond donors (Lipinski definition) is 2. The van der Waals surface area contributed by atoms with E-state index in [0.717, 1.165) is 25.5 Å². The van der Waals surface area contributed by atoms with Crippen LogP contribution >= 0.6 is 0 Å². The molecule has 1 saturated carbocycles. The zero-order valence-electron chi connectivity index (χ0n) is 11.2. The molecule has 7 heteroatoms. The zero-order chi connectivity index (χ0) is 14.9. The Bertz CT molecular complexity index is 623. The largest absolute Gasteiger partial charge is 0.478 e. The molecule has 0 saturated heterocycles. The maximum absolute atomic E-state index is 11.3. The Morgan fingerprint density at radius 3 is 2.55 bits per heavy atom. The summed E-state index contributed by atoms with van der Waals surface area (Å²) < 4.78 is 22.6. The van der Waals surface area contributed by atoms with Crippen molar-refractivity contribution in [1.29, 1.82) is 0 Å². The number of nitrogens with zero attached hydrogens (tertiary/aromatic N) is 1. The summed E-state index contributed by atoms with van der Waals surface area (Å²) in [5.41, 5.74) is 0.468. The summed E-state index contributed by atoms with van der Waals surface area (Å²) in [5.74, 6) is -0.578. The summed E-state index contributed by atoms with van der Waals surface area (Å²) in [7, 11) is -2.08. The average molecular weight is 298 g/mol. The summed E-state index contributed by atoms with van der Waals surface area (Å²) in [6.45, 7) is 0.773. The number of carbonyl (C=O) groups is 1. The van der Waals surface area contributed by atoms with Crippen molar-refractivity contribution in [2.24, 2.45) is 11.1 Å². The highest BCUT2D eigenvalue weighted by Gasteiger charge is 2.22. The second-order valence-corrected chi connectivity index (χ2v) is 6.77. The van der Waals surface area contributed by atoms with E-state index in [1.54, 1.807) is 0 Å². The lowest BCUT2D eigenvalue weighted by Gasteiger charge is -2.32. The highest BCUT2D eigenvalue weighted by molar-refractivity contribution is 7.89. The fourth-order valence-electron chi connectivity index (χ4n) is 2.36. The Labute approximate surface area is 118 Å². The van der Waals surface area contributed by atoms with Crippen molar-refractivity contribution in [3.63, 3.8) is 0 Å². The smallest absolute Gasteiger partial charge is 0.337 e. The van der Waals surface area contributed by atoms with E-state index in [-0.39, 0.29) is 10.5 Å². The van der Waals surface area contributed by atoms with Gasteiger partial charge in [-0.3, -0.25) is 0 Å². The predicted octanol–water partition coefficient (Wildman–Crippen LogP) is 1.27. The summed E-state index contributed by atoms with van der Waals surface area (Å²) in [4.78, 5) is 13.0. The molecule has 0 aromatic heterocycles. The van der Waals surface area contributed by atoms with Gasteiger partial charge in [0, 0.05) is 13.6 Å². The van der Waals surface area contributed by atoms with Gasteiger partial charge in [0.2, 0.25) is 10.0 Å². The van der Waals surface area contributed by atoms with E-state index in [9.17, 15) is 18.3 Å². The third kappa shape index (κ3) is 3.10. The zero-order valence-corrected chi connectivity index (χ0v) is 12.1. The molecule has 1 fully saturated rings. The summed E-state index contributed by atoms with van der Waals surface area (Å²) in [6.07, 6.45) is 3.53. The second-order valence-electron chi connectivity index (χ2n) is 5.21. The molecule has 20 heavy (non-hydrogen) atoms. The van der Waals surface area contributed by atoms with Crippen LogP contribution in [0.1, 0.15) is 29.6 Å². The number of benzene rings is 1. The van der Waals surface area contributed by atoms with Gasteiger partial charge < -0.3 is 10.0 Å². The van der Waals surface area contributed by atoms with Crippen LogP contribution in [0.25, 0.3) is 0 Å². The second kappa shape index (κ2) is 5.41. The lowest BCUT2D eigenvalue weighted by atomic mass is 9.85. The van der Waals surface area contributed by atoms with E-state index in [1.165, 1.54) is 18.6 Å². The molecule has 0 aliphatic heterocycles. The molecule has 6 nitrogen and oxygen atoms in total. The molecule has 0 bridgehead atoms. The normalized spacial score (nSPS) is 15.7. The predicted molar refractivity (Wildman–Crippen MR) is 75.4 cm³/mol. The van der Waals surface area contributed by atoms with Crippen molar-refractivity contribution in [3.05, 3.63) is 23.8 Å². The minimum Gasteiger partial charge on any atom is -0.478 e. The van der Waals surface area contributed by atoms with Crippen LogP contribution in [-0.2, 0) is 10.0 Å². The van der Waals surface area contributed by atoms with Gasteiger partial charge in [-0.1, -0.05) is 6.42 Å². The van der Waals surface area contributed by atoms with Crippen LogP contribution in [0, 0.1) is 5.92 Å². The molecule has 1 aliphatic carbocycles. The third-order valence-corrected chi connectivity index (χ3v) is 4.61. The number of aromatic carboxylic acids is 1. The van der Waals surface area contributed by atoms with Gasteiger partial charge in [0.1, 0.15) is 0 Å². The van der Waals surface area contributed by atoms with E-state index in [1.807, 2.05) is 11.9 Å². The number of carboxylic acids is 1. The molecule has 2 rings (SSSR count). The highest BCUT2D eigenvalue weighted by atomic mass is 32.2. The van der Waals surface area contributed by atoms with Crippen molar-refractivity contribution < 1.29 is 18.3 Å². The van der Waals surface area contributed by atoms with Crippen LogP contribution in [-0.4, -0.2) is 33.1 Å². The Balaban J connectivity index is 2.34. The fourth-order valence-corrected chi connectivity index (χ4v) is 2.90. The van der Waals surface area contributed by atoms with E-state index < -0.39 is 16.0 Å². The average Bonchev–Trinajstić information content (AvgIpc) is 2.31. The molecule has 1 aromatic rings. The highest BCUT2D eigenvalue weighted by Crippen LogP contribution is 2.30. The van der Waals surface area contributed by atoms with Gasteiger partial charge >= 0.3 is 5.97 Å². The molecule has 1 aliphatic rings. The number of carboxylic acid groups (broad SMARTS) is 1. The third-order valence-electron chi connectivity index (χ3n) is 3.70. The molecule has 0 unspecified atom stereocenters. The van der Waals surface area contributed by atoms with Gasteiger partial charge in [0.25, 0.3) is 0 Å². The van der Waals surface area contributed by atoms with E-state index in [2.05, 4.69) is 0 Å². The number of nitrogens with two attached hydrogens (primary N) is 1. The first kappa shape index (κ1) is 14.8. The number of primary sulfonamides is 1. The van der Waals surface area contributed by atoms with Gasteiger partial charge in [-0.15, -0.1) is 0 Å². The maximum Gasteiger partial charge on any atom is 0.337 e. The van der Waals surface area contributed by atoms with Gasteiger partial charge in [0.05, 0.1) is 16.1 Å². The Morgan fingerprint density at radius 2 is 2.10 bits per heavy atom. The number of anilines is 1. The van der Waals surface area contributed by atoms with E-state index in [4.69, 9.17) is 5.14 Å². The van der Waals surface area contributed by atoms with Gasteiger partial charge in [-0.05, 0) is 37.0 Å². The molecular formula is C13H18N2O4S. The SMILES string of the molecule is CN(CC1CCC1)c1ccc(S(N)(=O)=O)cc1C(=O)O. The van der Waals surface area contributed by atoms with Crippen molar-refractivity contribution >= 4 is 21.7 Å². The Morgan fingerprint density at radius 1 is 1.45 bits per heavy atom. The molecule has 0 heterocycles.